The van der Waals surface area contributed by atoms with Crippen LogP contribution in [0.1, 0.15) is 45.7 Å². The first-order valence-electron chi connectivity index (χ1n) is 6.48. The summed E-state index contributed by atoms with van der Waals surface area (Å²) in [7, 11) is 2.14. The van der Waals surface area contributed by atoms with Crippen molar-refractivity contribution in [3.05, 3.63) is 29.8 Å². The molecule has 96 valence electrons. The zero-order chi connectivity index (χ0) is 13.0. The maximum Gasteiger partial charge on any atom is 0.120 e. The monoisotopic (exact) mass is 235 g/mol. The average molecular weight is 235 g/mol. The minimum absolute atomic E-state index is 0.286. The zero-order valence-corrected chi connectivity index (χ0v) is 11.6. The molecule has 0 saturated carbocycles. The van der Waals surface area contributed by atoms with E-state index in [9.17, 15) is 5.11 Å². The Morgan fingerprint density at radius 2 is 1.76 bits per heavy atom. The lowest BCUT2D eigenvalue weighted by Crippen LogP contribution is -2.36. The van der Waals surface area contributed by atoms with Gasteiger partial charge in [0.05, 0.1) is 0 Å². The summed E-state index contributed by atoms with van der Waals surface area (Å²) in [6, 6.07) is 8.44. The lowest BCUT2D eigenvalue weighted by Gasteiger charge is -2.35. The Kier molecular flexibility index (Phi) is 5.01. The topological polar surface area (TPSA) is 23.5 Å². The third-order valence-electron chi connectivity index (χ3n) is 3.78. The maximum absolute atomic E-state index is 9.95. The van der Waals surface area contributed by atoms with Crippen molar-refractivity contribution in [1.29, 1.82) is 0 Å². The van der Waals surface area contributed by atoms with Gasteiger partial charge in [-0.05, 0) is 32.4 Å². The van der Waals surface area contributed by atoms with Gasteiger partial charge >= 0.3 is 0 Å². The van der Waals surface area contributed by atoms with E-state index in [1.54, 1.807) is 6.07 Å². The Labute approximate surface area is 105 Å². The summed E-state index contributed by atoms with van der Waals surface area (Å²) >= 11 is 0. The lowest BCUT2D eigenvalue weighted by molar-refractivity contribution is 0.142. The molecule has 1 aromatic rings. The number of phenolic OH excluding ortho intramolecular Hbond substituents is 1. The summed E-state index contributed by atoms with van der Waals surface area (Å²) in [5, 5.41) is 9.95. The number of hydrogen-bond donors (Lipinski definition) is 1. The van der Waals surface area contributed by atoms with E-state index in [2.05, 4.69) is 39.6 Å². The molecule has 2 atom stereocenters. The molecular weight excluding hydrogens is 210 g/mol. The fourth-order valence-corrected chi connectivity index (χ4v) is 2.25. The lowest BCUT2D eigenvalue weighted by atomic mass is 9.97. The molecule has 0 amide bonds. The fraction of sp³-hybridized carbons (Fsp3) is 0.600. The predicted molar refractivity (Wildman–Crippen MR) is 73.2 cm³/mol. The number of hydrogen-bond acceptors (Lipinski definition) is 2. The van der Waals surface area contributed by atoms with E-state index in [4.69, 9.17) is 0 Å². The average Bonchev–Trinajstić information content (AvgIpc) is 2.31. The molecule has 2 nitrogen and oxygen atoms in total. The number of benzene rings is 1. The van der Waals surface area contributed by atoms with Crippen LogP contribution in [0.5, 0.6) is 5.75 Å². The molecule has 0 fully saturated rings. The van der Waals surface area contributed by atoms with E-state index in [0.717, 1.165) is 12.0 Å². The van der Waals surface area contributed by atoms with Gasteiger partial charge in [-0.25, -0.2) is 0 Å². The molecule has 0 bridgehead atoms. The smallest absolute Gasteiger partial charge is 0.120 e. The van der Waals surface area contributed by atoms with Crippen LogP contribution < -0.4 is 0 Å². The van der Waals surface area contributed by atoms with Gasteiger partial charge in [0.15, 0.2) is 0 Å². The molecule has 1 aromatic carbocycles. The maximum atomic E-state index is 9.95. The van der Waals surface area contributed by atoms with Crippen molar-refractivity contribution >= 4 is 0 Å². The van der Waals surface area contributed by atoms with Crippen LogP contribution in [0, 0.1) is 5.92 Å². The quantitative estimate of drug-likeness (QED) is 0.838. The Morgan fingerprint density at radius 1 is 1.18 bits per heavy atom. The molecule has 2 unspecified atom stereocenters. The second kappa shape index (κ2) is 6.06. The summed E-state index contributed by atoms with van der Waals surface area (Å²) < 4.78 is 0. The van der Waals surface area contributed by atoms with Crippen molar-refractivity contribution in [1.82, 2.24) is 4.90 Å². The molecule has 0 radical (unpaired) electrons. The molecule has 0 spiro atoms. The minimum Gasteiger partial charge on any atom is -0.508 e. The summed E-state index contributed by atoms with van der Waals surface area (Å²) in [6.07, 6.45) is 1.01. The zero-order valence-electron chi connectivity index (χ0n) is 11.6. The first-order valence-corrected chi connectivity index (χ1v) is 6.48. The van der Waals surface area contributed by atoms with Gasteiger partial charge in [0, 0.05) is 17.6 Å². The Hall–Kier alpha value is -1.02. The summed E-state index contributed by atoms with van der Waals surface area (Å²) in [5.41, 5.74) is 1.03. The Morgan fingerprint density at radius 3 is 2.24 bits per heavy atom. The number of aromatic hydroxyl groups is 1. The van der Waals surface area contributed by atoms with Crippen LogP contribution >= 0.6 is 0 Å². The highest BCUT2D eigenvalue weighted by molar-refractivity contribution is 5.34. The van der Waals surface area contributed by atoms with Gasteiger partial charge in [-0.1, -0.05) is 39.0 Å². The third-order valence-corrected chi connectivity index (χ3v) is 3.78. The molecule has 2 heteroatoms. The van der Waals surface area contributed by atoms with Crippen molar-refractivity contribution in [2.75, 3.05) is 7.05 Å². The summed E-state index contributed by atoms with van der Waals surface area (Å²) in [4.78, 5) is 2.36. The molecule has 0 saturated heterocycles. The molecule has 1 rings (SSSR count). The first-order chi connectivity index (χ1) is 7.99. The van der Waals surface area contributed by atoms with Crippen LogP contribution in [0.15, 0.2) is 24.3 Å². The van der Waals surface area contributed by atoms with Gasteiger partial charge < -0.3 is 5.11 Å². The SMILES string of the molecule is CCC(c1ccccc1O)N(C)C(C)C(C)C. The van der Waals surface area contributed by atoms with E-state index in [0.29, 0.717) is 17.7 Å². The van der Waals surface area contributed by atoms with Crippen LogP contribution in [0.25, 0.3) is 0 Å². The Bertz CT molecular complexity index is 349. The van der Waals surface area contributed by atoms with Crippen molar-refractivity contribution in [2.24, 2.45) is 5.92 Å². The van der Waals surface area contributed by atoms with Crippen molar-refractivity contribution in [3.63, 3.8) is 0 Å². The van der Waals surface area contributed by atoms with Crippen LogP contribution in [-0.4, -0.2) is 23.1 Å². The van der Waals surface area contributed by atoms with E-state index >= 15 is 0 Å². The first kappa shape index (κ1) is 14.0. The molecule has 0 aromatic heterocycles. The summed E-state index contributed by atoms with van der Waals surface area (Å²) in [6.45, 7) is 8.88. The number of phenols is 1. The molecule has 0 aliphatic heterocycles. The number of nitrogens with zero attached hydrogens (tertiary/aromatic N) is 1. The summed E-state index contributed by atoms with van der Waals surface area (Å²) in [5.74, 6) is 1.02. The van der Waals surface area contributed by atoms with Gasteiger partial charge in [-0.15, -0.1) is 0 Å². The third kappa shape index (κ3) is 3.22. The van der Waals surface area contributed by atoms with Gasteiger partial charge in [-0.3, -0.25) is 4.90 Å². The fourth-order valence-electron chi connectivity index (χ4n) is 2.25. The predicted octanol–water partition coefficient (Wildman–Crippen LogP) is 3.82. The highest BCUT2D eigenvalue weighted by atomic mass is 16.3. The second-order valence-corrected chi connectivity index (χ2v) is 5.13. The van der Waals surface area contributed by atoms with E-state index < -0.39 is 0 Å². The normalized spacial score (nSPS) is 15.2. The molecule has 0 aliphatic carbocycles. The van der Waals surface area contributed by atoms with Crippen LogP contribution in [0.4, 0.5) is 0 Å². The second-order valence-electron chi connectivity index (χ2n) is 5.13. The van der Waals surface area contributed by atoms with Crippen LogP contribution in [0.2, 0.25) is 0 Å². The van der Waals surface area contributed by atoms with Gasteiger partial charge in [-0.2, -0.15) is 0 Å². The number of para-hydroxylation sites is 1. The highest BCUT2D eigenvalue weighted by Gasteiger charge is 2.23. The van der Waals surface area contributed by atoms with E-state index in [1.165, 1.54) is 0 Å². The van der Waals surface area contributed by atoms with Crippen molar-refractivity contribution in [3.8, 4) is 5.75 Å². The molecular formula is C15H25NO. The van der Waals surface area contributed by atoms with E-state index in [1.807, 2.05) is 18.2 Å². The van der Waals surface area contributed by atoms with Crippen LogP contribution in [-0.2, 0) is 0 Å². The van der Waals surface area contributed by atoms with Gasteiger partial charge in [0.1, 0.15) is 5.75 Å². The molecule has 0 aliphatic rings. The van der Waals surface area contributed by atoms with E-state index in [-0.39, 0.29) is 6.04 Å². The minimum atomic E-state index is 0.286. The Balaban J connectivity index is 2.96. The van der Waals surface area contributed by atoms with Crippen molar-refractivity contribution in [2.45, 2.75) is 46.2 Å². The van der Waals surface area contributed by atoms with Crippen LogP contribution in [0.3, 0.4) is 0 Å². The molecule has 17 heavy (non-hydrogen) atoms. The van der Waals surface area contributed by atoms with Gasteiger partial charge in [0.2, 0.25) is 0 Å². The number of rotatable bonds is 5. The standard InChI is InChI=1S/C15H25NO/c1-6-14(16(5)12(4)11(2)3)13-9-7-8-10-15(13)17/h7-12,14,17H,6H2,1-5H3. The highest BCUT2D eigenvalue weighted by Crippen LogP contribution is 2.32. The van der Waals surface area contributed by atoms with Gasteiger partial charge in [0.25, 0.3) is 0 Å². The molecule has 1 N–H and O–H groups in total. The molecule has 0 heterocycles. The van der Waals surface area contributed by atoms with Crippen molar-refractivity contribution < 1.29 is 5.11 Å². The largest absolute Gasteiger partial charge is 0.508 e.